The van der Waals surface area contributed by atoms with Gasteiger partial charge in [0.1, 0.15) is 0 Å². The smallest absolute Gasteiger partial charge is 0.151 e. The van der Waals surface area contributed by atoms with Crippen LogP contribution >= 0.6 is 0 Å². The van der Waals surface area contributed by atoms with Gasteiger partial charge in [0, 0.05) is 0 Å². The lowest BCUT2D eigenvalue weighted by atomic mass is 10.3. The van der Waals surface area contributed by atoms with Crippen molar-refractivity contribution >= 4 is 11.4 Å². The first-order chi connectivity index (χ1) is 4.50. The maximum atomic E-state index is 8.56. The molecule has 0 aromatic heterocycles. The van der Waals surface area contributed by atoms with Gasteiger partial charge < -0.3 is 19.3 Å². The Bertz CT molecular complexity index is 79.7. The van der Waals surface area contributed by atoms with Crippen LogP contribution in [0.3, 0.4) is 0 Å². The van der Waals surface area contributed by atoms with Crippen LogP contribution in [0.1, 0.15) is 19.8 Å². The van der Waals surface area contributed by atoms with Crippen LogP contribution in [0.4, 0.5) is 0 Å². The van der Waals surface area contributed by atoms with E-state index in [1.54, 1.807) is 0 Å². The first kappa shape index (κ1) is 12.6. The summed E-state index contributed by atoms with van der Waals surface area (Å²) in [4.78, 5) is 0. The number of aliphatic hydroxyl groups is 2. The van der Waals surface area contributed by atoms with E-state index in [-0.39, 0.29) is 0 Å². The fourth-order valence-electron chi connectivity index (χ4n) is 0.258. The molecule has 0 radical (unpaired) electrons. The normalized spacial score (nSPS) is 12.2. The summed E-state index contributed by atoms with van der Waals surface area (Å²) in [6, 6.07) is 0. The average Bonchev–Trinajstić information content (AvgIpc) is 1.62. The molecule has 0 amide bonds. The van der Waals surface area contributed by atoms with Crippen molar-refractivity contribution in [2.24, 2.45) is 0 Å². The van der Waals surface area contributed by atoms with E-state index in [2.05, 4.69) is 0 Å². The summed E-state index contributed by atoms with van der Waals surface area (Å²) in [6.07, 6.45) is 0.215. The number of hydrogen-bond acceptors (Lipinski definition) is 4. The monoisotopic (exact) mass is 171 g/mol. The van der Waals surface area contributed by atoms with E-state index >= 15 is 0 Å². The Hall–Kier alpha value is -0.0100. The van der Waals surface area contributed by atoms with Gasteiger partial charge in [-0.15, -0.1) is 0 Å². The van der Waals surface area contributed by atoms with Crippen molar-refractivity contribution in [1.82, 2.24) is 0 Å². The van der Waals surface area contributed by atoms with E-state index in [1.807, 2.05) is 6.92 Å². The molecule has 6 heteroatoms. The minimum absolute atomic E-state index is 0.486. The summed E-state index contributed by atoms with van der Waals surface area (Å²) in [5.41, 5.74) is 0. The van der Waals surface area contributed by atoms with E-state index in [0.29, 0.717) is 6.42 Å². The zero-order valence-electron chi connectivity index (χ0n) is 5.56. The van der Waals surface area contributed by atoms with Crippen molar-refractivity contribution < 1.29 is 23.5 Å². The lowest BCUT2D eigenvalue weighted by Gasteiger charge is -1.94. The number of hydrogen-bond donors (Lipinski definition) is 3. The van der Waals surface area contributed by atoms with Gasteiger partial charge in [-0.1, -0.05) is 13.3 Å². The van der Waals surface area contributed by atoms with E-state index in [0.717, 1.165) is 6.42 Å². The Morgan fingerprint density at radius 1 is 1.60 bits per heavy atom. The highest BCUT2D eigenvalue weighted by atomic mass is 32.2. The SMILES string of the molecule is CCCC(O)O.O=S([O-])O. The molecule has 0 aromatic carbocycles. The Kier molecular flexibility index (Phi) is 11.4. The molecule has 0 aliphatic carbocycles. The first-order valence-electron chi connectivity index (χ1n) is 2.65. The minimum Gasteiger partial charge on any atom is -0.750 e. The molecule has 0 bridgehead atoms. The predicted octanol–water partition coefficient (Wildman–Crippen LogP) is -0.564. The van der Waals surface area contributed by atoms with Crippen LogP contribution in [0.25, 0.3) is 0 Å². The summed E-state index contributed by atoms with van der Waals surface area (Å²) < 4.78 is 24.1. The van der Waals surface area contributed by atoms with Crippen molar-refractivity contribution in [1.29, 1.82) is 0 Å². The van der Waals surface area contributed by atoms with Crippen LogP contribution in [0, 0.1) is 0 Å². The molecule has 0 saturated carbocycles. The average molecular weight is 171 g/mol. The van der Waals surface area contributed by atoms with Crippen LogP contribution in [-0.4, -0.2) is 29.8 Å². The van der Waals surface area contributed by atoms with Gasteiger partial charge in [-0.2, -0.15) is 0 Å². The van der Waals surface area contributed by atoms with Gasteiger partial charge in [-0.3, -0.25) is 0 Å². The highest BCUT2D eigenvalue weighted by Crippen LogP contribution is 1.88. The minimum atomic E-state index is -2.86. The zero-order valence-corrected chi connectivity index (χ0v) is 6.37. The molecule has 0 saturated heterocycles. The molecule has 0 heterocycles. The maximum Gasteiger partial charge on any atom is 0.151 e. The summed E-state index contributed by atoms with van der Waals surface area (Å²) in [7, 11) is 0. The van der Waals surface area contributed by atoms with Gasteiger partial charge in [0.2, 0.25) is 0 Å². The van der Waals surface area contributed by atoms with Crippen LogP contribution in [-0.2, 0) is 11.4 Å². The number of rotatable bonds is 2. The van der Waals surface area contributed by atoms with Gasteiger partial charge >= 0.3 is 0 Å². The maximum absolute atomic E-state index is 8.56. The quantitative estimate of drug-likeness (QED) is 0.381. The van der Waals surface area contributed by atoms with E-state index in [4.69, 9.17) is 23.5 Å². The van der Waals surface area contributed by atoms with E-state index in [1.165, 1.54) is 0 Å². The highest BCUT2D eigenvalue weighted by Gasteiger charge is 1.89. The molecule has 1 atom stereocenters. The molecule has 0 spiro atoms. The van der Waals surface area contributed by atoms with Gasteiger partial charge in [0.25, 0.3) is 0 Å². The molecule has 0 fully saturated rings. The molecule has 64 valence electrons. The molecule has 0 aliphatic rings. The fraction of sp³-hybridized carbons (Fsp3) is 1.00. The summed E-state index contributed by atoms with van der Waals surface area (Å²) in [6.45, 7) is 1.90. The topological polar surface area (TPSA) is 101 Å². The fourth-order valence-corrected chi connectivity index (χ4v) is 0.258. The van der Waals surface area contributed by atoms with Crippen molar-refractivity contribution in [3.05, 3.63) is 0 Å². The summed E-state index contributed by atoms with van der Waals surface area (Å²) >= 11 is -2.86. The van der Waals surface area contributed by atoms with Gasteiger partial charge in [0.05, 0.1) is 11.4 Å². The third-order valence-corrected chi connectivity index (χ3v) is 0.547. The molecular weight excluding hydrogens is 160 g/mol. The van der Waals surface area contributed by atoms with Crippen LogP contribution in [0.2, 0.25) is 0 Å². The Morgan fingerprint density at radius 2 is 1.90 bits per heavy atom. The molecule has 1 unspecified atom stereocenters. The molecule has 10 heavy (non-hydrogen) atoms. The van der Waals surface area contributed by atoms with Crippen molar-refractivity contribution in [3.63, 3.8) is 0 Å². The molecule has 0 aromatic rings. The lowest BCUT2D eigenvalue weighted by Crippen LogP contribution is -2.01. The standard InChI is InChI=1S/C4H10O2.H2O3S/c1-2-3-4(5)6;1-4(2)3/h4-6H,2-3H2,1H3;(H2,1,2,3)/p-1. The second-order valence-corrected chi connectivity index (χ2v) is 1.92. The molecular formula is C4H11O5S-. The van der Waals surface area contributed by atoms with Gasteiger partial charge in [-0.05, 0) is 6.42 Å². The van der Waals surface area contributed by atoms with E-state index in [9.17, 15) is 0 Å². The summed E-state index contributed by atoms with van der Waals surface area (Å²) in [5.74, 6) is 0. The number of aliphatic hydroxyl groups excluding tert-OH is 1. The molecule has 3 N–H and O–H groups in total. The lowest BCUT2D eigenvalue weighted by molar-refractivity contribution is -0.0453. The second kappa shape index (κ2) is 8.99. The van der Waals surface area contributed by atoms with Crippen LogP contribution < -0.4 is 0 Å². The van der Waals surface area contributed by atoms with Crippen molar-refractivity contribution in [2.75, 3.05) is 0 Å². The van der Waals surface area contributed by atoms with Gasteiger partial charge in [-0.25, -0.2) is 4.21 Å². The molecule has 0 rings (SSSR count). The third kappa shape index (κ3) is 43.7. The van der Waals surface area contributed by atoms with Gasteiger partial charge in [0.15, 0.2) is 6.29 Å². The van der Waals surface area contributed by atoms with E-state index < -0.39 is 17.7 Å². The first-order valence-corrected chi connectivity index (χ1v) is 3.68. The Morgan fingerprint density at radius 3 is 1.90 bits per heavy atom. The van der Waals surface area contributed by atoms with Crippen LogP contribution in [0.5, 0.6) is 0 Å². The summed E-state index contributed by atoms with van der Waals surface area (Å²) in [5, 5.41) is 16.2. The Balaban J connectivity index is 0. The van der Waals surface area contributed by atoms with Crippen molar-refractivity contribution in [2.45, 2.75) is 26.1 Å². The van der Waals surface area contributed by atoms with Crippen LogP contribution in [0.15, 0.2) is 0 Å². The zero-order chi connectivity index (χ0) is 8.57. The predicted molar refractivity (Wildman–Crippen MR) is 34.7 cm³/mol. The highest BCUT2D eigenvalue weighted by molar-refractivity contribution is 7.73. The molecule has 5 nitrogen and oxygen atoms in total. The Labute approximate surface area is 61.8 Å². The van der Waals surface area contributed by atoms with Crippen molar-refractivity contribution in [3.8, 4) is 0 Å². The molecule has 0 aliphatic heterocycles. The largest absolute Gasteiger partial charge is 0.750 e. The third-order valence-electron chi connectivity index (χ3n) is 0.547. The second-order valence-electron chi connectivity index (χ2n) is 1.49.